The second-order valence-corrected chi connectivity index (χ2v) is 17.0. The molecule has 0 bridgehead atoms. The highest BCUT2D eigenvalue weighted by atomic mass is 35.5. The molecular weight excluding hydrogens is 878 g/mol. The summed E-state index contributed by atoms with van der Waals surface area (Å²) in [4.78, 5) is 40.5. The molecule has 0 atom stereocenters. The number of likely N-dealkylation sites (tertiary alicyclic amines) is 2. The lowest BCUT2D eigenvalue weighted by Gasteiger charge is -2.33. The molecule has 0 unspecified atom stereocenters. The summed E-state index contributed by atoms with van der Waals surface area (Å²) in [6, 6.07) is 15.5. The first kappa shape index (κ1) is 48.9. The number of benzene rings is 2. The molecule has 6 heterocycles. The highest BCUT2D eigenvalue weighted by molar-refractivity contribution is 6.61. The molecule has 4 fully saturated rings. The van der Waals surface area contributed by atoms with Crippen molar-refractivity contribution in [1.82, 2.24) is 45.5 Å². The number of halogens is 4. The number of alkyl carbamates (subject to hydrolysis) is 1. The van der Waals surface area contributed by atoms with Crippen LogP contribution in [0.15, 0.2) is 60.9 Å². The molecule has 16 nitrogen and oxygen atoms in total. The van der Waals surface area contributed by atoms with E-state index in [1.807, 2.05) is 48.5 Å². The van der Waals surface area contributed by atoms with E-state index < -0.39 is 5.43 Å². The molecular formula is C42H56Cl4N12O4. The van der Waals surface area contributed by atoms with E-state index in [1.165, 1.54) is 0 Å². The molecule has 0 spiro atoms. The molecule has 336 valence electrons. The van der Waals surface area contributed by atoms with Gasteiger partial charge >= 0.3 is 11.5 Å². The Balaban J connectivity index is 0.000000195. The second kappa shape index (κ2) is 24.6. The molecule has 1 amide bonds. The smallest absolute Gasteiger partial charge is 0.407 e. The van der Waals surface area contributed by atoms with Crippen molar-refractivity contribution in [2.24, 2.45) is 5.73 Å². The van der Waals surface area contributed by atoms with Gasteiger partial charge in [0.25, 0.3) is 0 Å². The Kier molecular flexibility index (Phi) is 19.4. The Morgan fingerprint density at radius 2 is 1.03 bits per heavy atom. The van der Waals surface area contributed by atoms with Crippen LogP contribution >= 0.6 is 47.2 Å². The monoisotopic (exact) mass is 932 g/mol. The number of rotatable bonds is 7. The summed E-state index contributed by atoms with van der Waals surface area (Å²) in [6.07, 6.45) is 10.2. The number of nitrogens with zero attached hydrogens (tertiary/aromatic N) is 10. The predicted octanol–water partition coefficient (Wildman–Crippen LogP) is 6.98. The third-order valence-electron chi connectivity index (χ3n) is 11.2. The topological polar surface area (TPSA) is 181 Å². The number of ether oxygens (including phenoxy) is 2. The van der Waals surface area contributed by atoms with E-state index in [2.05, 4.69) is 69.4 Å². The van der Waals surface area contributed by atoms with E-state index in [0.29, 0.717) is 28.0 Å². The van der Waals surface area contributed by atoms with Crippen LogP contribution in [0.5, 0.6) is 0 Å². The van der Waals surface area contributed by atoms with E-state index in [4.69, 9.17) is 50.0 Å². The number of hydrogen-bond donors (Lipinski definition) is 2. The molecule has 2 aromatic heterocycles. The van der Waals surface area contributed by atoms with Gasteiger partial charge in [0.1, 0.15) is 12.2 Å². The largest absolute Gasteiger partial charge is 0.450 e. The van der Waals surface area contributed by atoms with Crippen molar-refractivity contribution in [2.45, 2.75) is 75.7 Å². The Morgan fingerprint density at radius 1 is 0.629 bits per heavy atom. The number of piperidine rings is 4. The van der Waals surface area contributed by atoms with E-state index in [-0.39, 0.29) is 36.8 Å². The molecule has 0 aliphatic carbocycles. The molecule has 0 radical (unpaired) electrons. The zero-order valence-electron chi connectivity index (χ0n) is 35.1. The molecule has 4 aliphatic rings. The minimum atomic E-state index is -0.681. The van der Waals surface area contributed by atoms with Crippen LogP contribution in [-0.4, -0.2) is 142 Å². The normalized spacial score (nSPS) is 18.3. The highest BCUT2D eigenvalue weighted by Gasteiger charge is 2.26. The van der Waals surface area contributed by atoms with Crippen LogP contribution in [-0.2, 0) is 9.47 Å². The quantitative estimate of drug-likeness (QED) is 0.181. The standard InChI is InChI=1S/C21H27ClN6O2.C14H16ClN5.C7H12ClNO2.ClH/c1-27-10-8-18(9-11-27)30-21(29)24-17-6-12-28(13-7-17)20-25-19(14-23-26-20)15-2-4-16(22)5-3-15;15-11-3-1-10(2-4-11)13-9-17-19-14(18-13)20-7-5-12(16)6-8-20;1-9-4-2-6(3-5-9)11-7(8)10;/h2-5,14,17-18H,6-13H2,1H3,(H,24,29);1-4,9,12H,5-8,16H2;6H,2-5H2,1H3;1H. The number of hydrogen-bond acceptors (Lipinski definition) is 15. The van der Waals surface area contributed by atoms with Crippen LogP contribution in [0.3, 0.4) is 0 Å². The van der Waals surface area contributed by atoms with E-state index in [9.17, 15) is 9.59 Å². The lowest BCUT2D eigenvalue weighted by atomic mass is 10.1. The van der Waals surface area contributed by atoms with Gasteiger partial charge in [-0.1, -0.05) is 47.5 Å². The summed E-state index contributed by atoms with van der Waals surface area (Å²) < 4.78 is 10.4. The maximum absolute atomic E-state index is 12.2. The van der Waals surface area contributed by atoms with Gasteiger partial charge < -0.3 is 40.1 Å². The molecule has 0 saturated carbocycles. The van der Waals surface area contributed by atoms with Crippen LogP contribution in [0.25, 0.3) is 22.5 Å². The molecule has 3 N–H and O–H groups in total. The Labute approximate surface area is 384 Å². The van der Waals surface area contributed by atoms with Crippen LogP contribution in [0.4, 0.5) is 21.5 Å². The van der Waals surface area contributed by atoms with Crippen molar-refractivity contribution >= 4 is 70.6 Å². The Morgan fingerprint density at radius 3 is 1.45 bits per heavy atom. The van der Waals surface area contributed by atoms with E-state index in [0.717, 1.165) is 126 Å². The summed E-state index contributed by atoms with van der Waals surface area (Å²) in [6.45, 7) is 7.18. The van der Waals surface area contributed by atoms with Crippen molar-refractivity contribution in [1.29, 1.82) is 0 Å². The number of amides is 1. The van der Waals surface area contributed by atoms with Crippen molar-refractivity contribution in [3.05, 3.63) is 71.0 Å². The molecule has 20 heteroatoms. The van der Waals surface area contributed by atoms with E-state index in [1.54, 1.807) is 12.4 Å². The van der Waals surface area contributed by atoms with Gasteiger partial charge in [0.05, 0.1) is 23.8 Å². The number of carbonyl (C=O) groups excluding carboxylic acids is 2. The first-order chi connectivity index (χ1) is 29.5. The minimum Gasteiger partial charge on any atom is -0.450 e. The predicted molar refractivity (Wildman–Crippen MR) is 245 cm³/mol. The van der Waals surface area contributed by atoms with Gasteiger partial charge in [-0.3, -0.25) is 0 Å². The number of carbonyl (C=O) groups is 2. The second-order valence-electron chi connectivity index (χ2n) is 15.8. The SMILES string of the molecule is CN1CCC(OC(=O)Cl)CC1.CN1CCC(OC(=O)NC2CCN(c3nncc(-c4ccc(Cl)cc4)n3)CC2)CC1.Cl.NC1CCN(c2nncc(-c3ccc(Cl)cc3)n2)CC1. The summed E-state index contributed by atoms with van der Waals surface area (Å²) in [5, 5.41) is 20.9. The average Bonchev–Trinajstić information content (AvgIpc) is 3.27. The molecule has 2 aromatic carbocycles. The summed E-state index contributed by atoms with van der Waals surface area (Å²) in [5.74, 6) is 1.28. The Bertz CT molecular complexity index is 1980. The van der Waals surface area contributed by atoms with Crippen LogP contribution in [0.1, 0.15) is 51.4 Å². The molecule has 4 aromatic rings. The first-order valence-corrected chi connectivity index (χ1v) is 22.0. The highest BCUT2D eigenvalue weighted by Crippen LogP contribution is 2.24. The molecule has 8 rings (SSSR count). The van der Waals surface area contributed by atoms with Gasteiger partial charge in [0, 0.05) is 97.2 Å². The van der Waals surface area contributed by atoms with Crippen LogP contribution in [0.2, 0.25) is 10.0 Å². The van der Waals surface area contributed by atoms with Gasteiger partial charge in [0.2, 0.25) is 11.9 Å². The van der Waals surface area contributed by atoms with Crippen molar-refractivity contribution in [3.63, 3.8) is 0 Å². The van der Waals surface area contributed by atoms with Gasteiger partial charge in [-0.25, -0.2) is 19.6 Å². The van der Waals surface area contributed by atoms with Gasteiger partial charge in [-0.15, -0.1) is 22.6 Å². The third-order valence-corrected chi connectivity index (χ3v) is 11.8. The average molecular weight is 935 g/mol. The van der Waals surface area contributed by atoms with Crippen molar-refractivity contribution < 1.29 is 19.1 Å². The maximum Gasteiger partial charge on any atom is 0.407 e. The fourth-order valence-corrected chi connectivity index (χ4v) is 7.77. The van der Waals surface area contributed by atoms with Crippen molar-refractivity contribution in [2.75, 3.05) is 76.3 Å². The van der Waals surface area contributed by atoms with Crippen molar-refractivity contribution in [3.8, 4) is 22.5 Å². The van der Waals surface area contributed by atoms with Gasteiger partial charge in [-0.2, -0.15) is 10.2 Å². The van der Waals surface area contributed by atoms with Crippen LogP contribution < -0.4 is 20.9 Å². The molecule has 4 saturated heterocycles. The summed E-state index contributed by atoms with van der Waals surface area (Å²) >= 11 is 16.9. The lowest BCUT2D eigenvalue weighted by Crippen LogP contribution is -2.46. The van der Waals surface area contributed by atoms with Crippen LogP contribution in [0, 0.1) is 0 Å². The summed E-state index contributed by atoms with van der Waals surface area (Å²) in [5.41, 5.74) is 8.74. The fraction of sp³-hybridized carbons (Fsp3) is 0.524. The lowest BCUT2D eigenvalue weighted by molar-refractivity contribution is 0.0546. The van der Waals surface area contributed by atoms with Gasteiger partial charge in [-0.05, 0) is 89.7 Å². The zero-order valence-corrected chi connectivity index (χ0v) is 38.2. The van der Waals surface area contributed by atoms with E-state index >= 15 is 0 Å². The number of nitrogens with one attached hydrogen (secondary N) is 1. The zero-order chi connectivity index (χ0) is 43.1. The number of nitrogens with two attached hydrogens (primary N) is 1. The third kappa shape index (κ3) is 15.6. The Hall–Kier alpha value is -4.16. The summed E-state index contributed by atoms with van der Waals surface area (Å²) in [7, 11) is 4.15. The maximum atomic E-state index is 12.2. The fourth-order valence-electron chi connectivity index (χ4n) is 7.39. The van der Waals surface area contributed by atoms with Gasteiger partial charge in [0.15, 0.2) is 0 Å². The molecule has 62 heavy (non-hydrogen) atoms. The number of anilines is 2. The number of aromatic nitrogens is 6. The minimum absolute atomic E-state index is 0. The first-order valence-electron chi connectivity index (χ1n) is 20.8. The molecule has 4 aliphatic heterocycles.